The molecular weight excluding hydrogens is 343 g/mol. The number of benzene rings is 2. The molecule has 1 aliphatic carbocycles. The Morgan fingerprint density at radius 2 is 1.96 bits per heavy atom. The monoisotopic (exact) mass is 358 g/mol. The van der Waals surface area contributed by atoms with Crippen LogP contribution in [-0.4, -0.2) is 18.4 Å². The van der Waals surface area contributed by atoms with Crippen molar-refractivity contribution in [3.05, 3.63) is 58.4 Å². The van der Waals surface area contributed by atoms with Gasteiger partial charge in [-0.3, -0.25) is 9.59 Å². The summed E-state index contributed by atoms with van der Waals surface area (Å²) in [5.74, 6) is -0.455. The predicted octanol–water partition coefficient (Wildman–Crippen LogP) is 4.03. The maximum absolute atomic E-state index is 13.2. The second kappa shape index (κ2) is 6.15. The number of halogens is 2. The first-order valence-corrected chi connectivity index (χ1v) is 8.61. The number of fused-ring (bicyclic) bond motifs is 1. The van der Waals surface area contributed by atoms with E-state index in [1.807, 2.05) is 17.0 Å². The van der Waals surface area contributed by atoms with Crippen LogP contribution in [0.4, 0.5) is 15.8 Å². The molecule has 0 aromatic heterocycles. The highest BCUT2D eigenvalue weighted by atomic mass is 35.5. The number of hydrogen-bond acceptors (Lipinski definition) is 2. The Kier molecular flexibility index (Phi) is 3.96. The van der Waals surface area contributed by atoms with Crippen LogP contribution in [0.2, 0.25) is 5.02 Å². The molecule has 25 heavy (non-hydrogen) atoms. The molecule has 2 aliphatic rings. The molecule has 2 aromatic rings. The van der Waals surface area contributed by atoms with Gasteiger partial charge in [-0.05, 0) is 61.2 Å². The molecule has 1 aliphatic heterocycles. The highest BCUT2D eigenvalue weighted by molar-refractivity contribution is 6.31. The SMILES string of the molecule is O=C(Nc1ccc(F)c(Cl)c1)c1ccc2c(c1)CCN2C(=O)C1CC1. The normalized spacial score (nSPS) is 15.8. The van der Waals surface area contributed by atoms with Gasteiger partial charge in [0.2, 0.25) is 5.91 Å². The summed E-state index contributed by atoms with van der Waals surface area (Å²) in [6.45, 7) is 0.670. The van der Waals surface area contributed by atoms with Gasteiger partial charge in [-0.2, -0.15) is 0 Å². The topological polar surface area (TPSA) is 49.4 Å². The zero-order valence-electron chi connectivity index (χ0n) is 13.4. The van der Waals surface area contributed by atoms with Crippen LogP contribution in [0.3, 0.4) is 0 Å². The van der Waals surface area contributed by atoms with E-state index in [4.69, 9.17) is 11.6 Å². The maximum Gasteiger partial charge on any atom is 0.255 e. The third kappa shape index (κ3) is 3.12. The minimum Gasteiger partial charge on any atom is -0.322 e. The van der Waals surface area contributed by atoms with Gasteiger partial charge in [-0.1, -0.05) is 11.6 Å². The van der Waals surface area contributed by atoms with Crippen molar-refractivity contribution in [3.8, 4) is 0 Å². The van der Waals surface area contributed by atoms with Gasteiger partial charge < -0.3 is 10.2 Å². The lowest BCUT2D eigenvalue weighted by molar-refractivity contribution is -0.119. The van der Waals surface area contributed by atoms with Crippen LogP contribution in [-0.2, 0) is 11.2 Å². The van der Waals surface area contributed by atoms with E-state index in [2.05, 4.69) is 5.32 Å². The molecule has 0 spiro atoms. The van der Waals surface area contributed by atoms with E-state index < -0.39 is 5.82 Å². The first-order chi connectivity index (χ1) is 12.0. The van der Waals surface area contributed by atoms with Crippen molar-refractivity contribution in [3.63, 3.8) is 0 Å². The van der Waals surface area contributed by atoms with Crippen LogP contribution in [0.25, 0.3) is 0 Å². The Morgan fingerprint density at radius 3 is 2.68 bits per heavy atom. The molecule has 0 saturated heterocycles. The number of amides is 2. The van der Waals surface area contributed by atoms with Gasteiger partial charge in [0.1, 0.15) is 5.82 Å². The van der Waals surface area contributed by atoms with Crippen LogP contribution in [0.15, 0.2) is 36.4 Å². The van der Waals surface area contributed by atoms with Crippen LogP contribution in [0, 0.1) is 11.7 Å². The quantitative estimate of drug-likeness (QED) is 0.900. The van der Waals surface area contributed by atoms with Gasteiger partial charge in [0, 0.05) is 29.4 Å². The first kappa shape index (κ1) is 16.1. The van der Waals surface area contributed by atoms with Gasteiger partial charge in [0.25, 0.3) is 5.91 Å². The second-order valence-electron chi connectivity index (χ2n) is 6.44. The zero-order valence-corrected chi connectivity index (χ0v) is 14.1. The molecule has 2 amide bonds. The Labute approximate surface area is 149 Å². The average Bonchev–Trinajstić information content (AvgIpc) is 3.36. The fraction of sp³-hybridized carbons (Fsp3) is 0.263. The number of rotatable bonds is 3. The maximum atomic E-state index is 13.2. The van der Waals surface area contributed by atoms with Crippen LogP contribution < -0.4 is 10.2 Å². The molecule has 1 fully saturated rings. The van der Waals surface area contributed by atoms with Crippen molar-refractivity contribution >= 4 is 34.8 Å². The van der Waals surface area contributed by atoms with E-state index in [0.29, 0.717) is 17.8 Å². The molecule has 0 radical (unpaired) electrons. The van der Waals surface area contributed by atoms with E-state index in [-0.39, 0.29) is 22.8 Å². The Bertz CT molecular complexity index is 880. The molecule has 1 saturated carbocycles. The summed E-state index contributed by atoms with van der Waals surface area (Å²) in [4.78, 5) is 26.5. The number of carbonyl (C=O) groups excluding carboxylic acids is 2. The fourth-order valence-electron chi connectivity index (χ4n) is 3.10. The average molecular weight is 359 g/mol. The van der Waals surface area contributed by atoms with Crippen molar-refractivity contribution in [1.29, 1.82) is 0 Å². The van der Waals surface area contributed by atoms with Crippen molar-refractivity contribution < 1.29 is 14.0 Å². The number of hydrogen-bond donors (Lipinski definition) is 1. The summed E-state index contributed by atoms with van der Waals surface area (Å²) in [7, 11) is 0. The minimum absolute atomic E-state index is 0.0408. The van der Waals surface area contributed by atoms with Crippen LogP contribution in [0.5, 0.6) is 0 Å². The largest absolute Gasteiger partial charge is 0.322 e. The molecule has 128 valence electrons. The molecule has 1 heterocycles. The fourth-order valence-corrected chi connectivity index (χ4v) is 3.28. The molecule has 1 N–H and O–H groups in total. The van der Waals surface area contributed by atoms with Crippen molar-refractivity contribution in [1.82, 2.24) is 0 Å². The molecular formula is C19H16ClFN2O2. The number of anilines is 2. The molecule has 4 rings (SSSR count). The van der Waals surface area contributed by atoms with Crippen molar-refractivity contribution in [2.75, 3.05) is 16.8 Å². The van der Waals surface area contributed by atoms with Crippen LogP contribution >= 0.6 is 11.6 Å². The van der Waals surface area contributed by atoms with Gasteiger partial charge in [-0.15, -0.1) is 0 Å². The standard InChI is InChI=1S/C19H16ClFN2O2/c20-15-10-14(4-5-16(15)21)22-18(24)13-3-6-17-12(9-13)7-8-23(17)19(25)11-1-2-11/h3-6,9-11H,1-2,7-8H2,(H,22,24). The molecule has 4 nitrogen and oxygen atoms in total. The summed E-state index contributed by atoms with van der Waals surface area (Å²) in [5.41, 5.74) is 2.83. The van der Waals surface area contributed by atoms with Gasteiger partial charge in [0.05, 0.1) is 5.02 Å². The summed E-state index contributed by atoms with van der Waals surface area (Å²) in [6.07, 6.45) is 2.70. The molecule has 2 aromatic carbocycles. The Morgan fingerprint density at radius 1 is 1.16 bits per heavy atom. The Balaban J connectivity index is 1.52. The minimum atomic E-state index is -0.530. The zero-order chi connectivity index (χ0) is 17.6. The van der Waals surface area contributed by atoms with E-state index in [1.54, 1.807) is 6.07 Å². The first-order valence-electron chi connectivity index (χ1n) is 8.23. The summed E-state index contributed by atoms with van der Waals surface area (Å²) in [6, 6.07) is 9.39. The smallest absolute Gasteiger partial charge is 0.255 e. The van der Waals surface area contributed by atoms with Gasteiger partial charge in [-0.25, -0.2) is 4.39 Å². The van der Waals surface area contributed by atoms with Crippen LogP contribution in [0.1, 0.15) is 28.8 Å². The third-order valence-electron chi connectivity index (χ3n) is 4.61. The van der Waals surface area contributed by atoms with E-state index >= 15 is 0 Å². The van der Waals surface area contributed by atoms with E-state index in [1.165, 1.54) is 18.2 Å². The second-order valence-corrected chi connectivity index (χ2v) is 6.85. The third-order valence-corrected chi connectivity index (χ3v) is 4.90. The number of nitrogens with zero attached hydrogens (tertiary/aromatic N) is 1. The highest BCUT2D eigenvalue weighted by Crippen LogP contribution is 2.36. The molecule has 0 unspecified atom stereocenters. The van der Waals surface area contributed by atoms with Gasteiger partial charge in [0.15, 0.2) is 0 Å². The highest BCUT2D eigenvalue weighted by Gasteiger charge is 2.36. The number of nitrogens with one attached hydrogen (secondary N) is 1. The lowest BCUT2D eigenvalue weighted by atomic mass is 10.1. The van der Waals surface area contributed by atoms with E-state index in [9.17, 15) is 14.0 Å². The molecule has 0 bridgehead atoms. The summed E-state index contributed by atoms with van der Waals surface area (Å²) < 4.78 is 13.2. The molecule has 0 atom stereocenters. The van der Waals surface area contributed by atoms with Gasteiger partial charge >= 0.3 is 0 Å². The summed E-state index contributed by atoms with van der Waals surface area (Å²) >= 11 is 5.73. The van der Waals surface area contributed by atoms with Crippen molar-refractivity contribution in [2.24, 2.45) is 5.92 Å². The lowest BCUT2D eigenvalue weighted by Crippen LogP contribution is -2.30. The molecule has 6 heteroatoms. The van der Waals surface area contributed by atoms with E-state index in [0.717, 1.165) is 30.5 Å². The summed E-state index contributed by atoms with van der Waals surface area (Å²) in [5, 5.41) is 2.67. The van der Waals surface area contributed by atoms with Crippen molar-refractivity contribution in [2.45, 2.75) is 19.3 Å². The number of carbonyl (C=O) groups is 2. The Hall–Kier alpha value is -2.40. The predicted molar refractivity (Wildman–Crippen MR) is 94.6 cm³/mol. The lowest BCUT2D eigenvalue weighted by Gasteiger charge is -2.17.